The van der Waals surface area contributed by atoms with Crippen molar-refractivity contribution in [2.24, 2.45) is 0 Å². The third-order valence-electron chi connectivity index (χ3n) is 5.07. The van der Waals surface area contributed by atoms with Crippen molar-refractivity contribution in [2.45, 2.75) is 80.4 Å². The number of halogens is 15. The lowest BCUT2D eigenvalue weighted by Gasteiger charge is -2.42. The van der Waals surface area contributed by atoms with Crippen LogP contribution in [0, 0.1) is 0 Å². The Labute approximate surface area is 187 Å². The third kappa shape index (κ3) is 4.90. The van der Waals surface area contributed by atoms with Gasteiger partial charge in [0.15, 0.2) is 0 Å². The first-order valence-corrected chi connectivity index (χ1v) is 9.40. The van der Waals surface area contributed by atoms with E-state index in [2.05, 4.69) is 0 Å². The standard InChI is InChI=1S/C19H17F15O/c1-3-4-10-5-7-11(8-6-10)12(2,35)9-13(20,21)14(22,23)15(24,25)16(26,27)17(28,29)18(30,31)19(32,33)34/h5-8,35H,3-4,9H2,1-2H3. The minimum absolute atomic E-state index is 0.342. The molecular weight excluding hydrogens is 529 g/mol. The summed E-state index contributed by atoms with van der Waals surface area (Å²) in [7, 11) is 0. The van der Waals surface area contributed by atoms with Gasteiger partial charge in [0.2, 0.25) is 0 Å². The molecule has 0 heterocycles. The molecule has 0 amide bonds. The van der Waals surface area contributed by atoms with Crippen LogP contribution in [0.15, 0.2) is 24.3 Å². The third-order valence-corrected chi connectivity index (χ3v) is 5.07. The summed E-state index contributed by atoms with van der Waals surface area (Å²) < 4.78 is 199. The van der Waals surface area contributed by atoms with Gasteiger partial charge < -0.3 is 5.11 Å². The number of hydrogen-bond acceptors (Lipinski definition) is 1. The van der Waals surface area contributed by atoms with E-state index in [1.54, 1.807) is 6.92 Å². The van der Waals surface area contributed by atoms with E-state index < -0.39 is 59.3 Å². The topological polar surface area (TPSA) is 20.2 Å². The van der Waals surface area contributed by atoms with Gasteiger partial charge >= 0.3 is 41.7 Å². The number of hydrogen-bond donors (Lipinski definition) is 1. The van der Waals surface area contributed by atoms with E-state index >= 15 is 0 Å². The molecule has 0 aliphatic heterocycles. The van der Waals surface area contributed by atoms with Crippen molar-refractivity contribution >= 4 is 0 Å². The van der Waals surface area contributed by atoms with Gasteiger partial charge in [0.05, 0.1) is 12.0 Å². The van der Waals surface area contributed by atoms with E-state index in [9.17, 15) is 71.0 Å². The molecule has 1 aromatic carbocycles. The Kier molecular flexibility index (Phi) is 7.93. The predicted molar refractivity (Wildman–Crippen MR) is 90.4 cm³/mol. The first-order chi connectivity index (χ1) is 15.2. The minimum atomic E-state index is -8.35. The SMILES string of the molecule is CCCc1ccc(C(C)(O)CC(F)(F)C(F)(F)C(F)(F)C(F)(F)C(F)(F)C(F)(F)C(F)(F)F)cc1. The van der Waals surface area contributed by atoms with Crippen LogP contribution < -0.4 is 0 Å². The first-order valence-electron chi connectivity index (χ1n) is 9.40. The Morgan fingerprint density at radius 3 is 1.34 bits per heavy atom. The Hall–Kier alpha value is -1.87. The number of aryl methyl sites for hydroxylation is 1. The number of alkyl halides is 15. The lowest BCUT2D eigenvalue weighted by atomic mass is 9.83. The fourth-order valence-corrected chi connectivity index (χ4v) is 2.96. The van der Waals surface area contributed by atoms with Crippen molar-refractivity contribution in [3.05, 3.63) is 35.4 Å². The van der Waals surface area contributed by atoms with E-state index in [1.165, 1.54) is 12.1 Å². The molecule has 1 atom stereocenters. The second kappa shape index (κ2) is 8.91. The minimum Gasteiger partial charge on any atom is -0.385 e. The molecule has 0 saturated heterocycles. The van der Waals surface area contributed by atoms with Gasteiger partial charge in [-0.05, 0) is 24.5 Å². The van der Waals surface area contributed by atoms with Crippen molar-refractivity contribution in [2.75, 3.05) is 0 Å². The zero-order valence-electron chi connectivity index (χ0n) is 17.5. The first kappa shape index (κ1) is 31.2. The molecule has 1 nitrogen and oxygen atoms in total. The summed E-state index contributed by atoms with van der Waals surface area (Å²) in [5, 5.41) is 10.1. The van der Waals surface area contributed by atoms with Gasteiger partial charge in [-0.25, -0.2) is 0 Å². The molecule has 204 valence electrons. The second-order valence-electron chi connectivity index (χ2n) is 7.97. The van der Waals surface area contributed by atoms with Crippen LogP contribution in [0.4, 0.5) is 65.9 Å². The van der Waals surface area contributed by atoms with Crippen LogP contribution in [0.5, 0.6) is 0 Å². The maximum Gasteiger partial charge on any atom is 0.460 e. The van der Waals surface area contributed by atoms with Crippen LogP contribution in [-0.4, -0.2) is 46.8 Å². The van der Waals surface area contributed by atoms with Crippen molar-refractivity contribution in [1.29, 1.82) is 0 Å². The summed E-state index contributed by atoms with van der Waals surface area (Å²) in [6.07, 6.45) is -9.48. The molecule has 35 heavy (non-hydrogen) atoms. The van der Waals surface area contributed by atoms with Gasteiger partial charge in [-0.3, -0.25) is 0 Å². The molecule has 1 rings (SSSR count). The van der Waals surface area contributed by atoms with Gasteiger partial charge in [0.25, 0.3) is 0 Å². The second-order valence-corrected chi connectivity index (χ2v) is 7.97. The highest BCUT2D eigenvalue weighted by Crippen LogP contribution is 2.63. The van der Waals surface area contributed by atoms with Crippen LogP contribution in [0.2, 0.25) is 0 Å². The van der Waals surface area contributed by atoms with E-state index in [-0.39, 0.29) is 0 Å². The van der Waals surface area contributed by atoms with E-state index in [1.807, 2.05) is 0 Å². The molecule has 0 saturated carbocycles. The van der Waals surface area contributed by atoms with Gasteiger partial charge in [0, 0.05) is 0 Å². The summed E-state index contributed by atoms with van der Waals surface area (Å²) in [6, 6.07) is 4.16. The number of rotatable bonds is 10. The van der Waals surface area contributed by atoms with Crippen LogP contribution in [0.3, 0.4) is 0 Å². The molecule has 0 aromatic heterocycles. The number of benzene rings is 1. The van der Waals surface area contributed by atoms with Crippen molar-refractivity contribution in [3.8, 4) is 0 Å². The molecular formula is C19H17F15O. The molecule has 16 heteroatoms. The van der Waals surface area contributed by atoms with Crippen LogP contribution in [0.1, 0.15) is 37.8 Å². The zero-order valence-corrected chi connectivity index (χ0v) is 17.5. The van der Waals surface area contributed by atoms with Gasteiger partial charge in [-0.15, -0.1) is 0 Å². The van der Waals surface area contributed by atoms with Crippen LogP contribution >= 0.6 is 0 Å². The van der Waals surface area contributed by atoms with E-state index in [0.29, 0.717) is 25.3 Å². The van der Waals surface area contributed by atoms with Crippen molar-refractivity contribution in [3.63, 3.8) is 0 Å². The molecule has 1 unspecified atom stereocenters. The summed E-state index contributed by atoms with van der Waals surface area (Å²) >= 11 is 0. The predicted octanol–water partition coefficient (Wildman–Crippen LogP) is 7.61. The Morgan fingerprint density at radius 1 is 0.600 bits per heavy atom. The maximum atomic E-state index is 14.1. The summed E-state index contributed by atoms with van der Waals surface area (Å²) in [5.41, 5.74) is -3.30. The van der Waals surface area contributed by atoms with E-state index in [0.717, 1.165) is 12.1 Å². The highest BCUT2D eigenvalue weighted by Gasteiger charge is 2.93. The maximum absolute atomic E-state index is 14.1. The van der Waals surface area contributed by atoms with Gasteiger partial charge in [-0.1, -0.05) is 37.6 Å². The summed E-state index contributed by atoms with van der Waals surface area (Å²) in [6.45, 7) is 2.07. The fourth-order valence-electron chi connectivity index (χ4n) is 2.96. The molecule has 0 bridgehead atoms. The largest absolute Gasteiger partial charge is 0.460 e. The Bertz CT molecular complexity index is 869. The Morgan fingerprint density at radius 2 is 0.971 bits per heavy atom. The molecule has 0 radical (unpaired) electrons. The Balaban J connectivity index is 3.47. The quantitative estimate of drug-likeness (QED) is 0.300. The molecule has 0 aliphatic rings. The smallest absolute Gasteiger partial charge is 0.385 e. The average Bonchev–Trinajstić information content (AvgIpc) is 2.66. The highest BCUT2D eigenvalue weighted by atomic mass is 19.4. The monoisotopic (exact) mass is 546 g/mol. The highest BCUT2D eigenvalue weighted by molar-refractivity contribution is 5.27. The lowest BCUT2D eigenvalue weighted by Crippen LogP contribution is -2.72. The van der Waals surface area contributed by atoms with Crippen LogP contribution in [0.25, 0.3) is 0 Å². The number of aliphatic hydroxyl groups is 1. The van der Waals surface area contributed by atoms with E-state index in [4.69, 9.17) is 0 Å². The zero-order chi connectivity index (χ0) is 28.1. The normalized spacial score (nSPS) is 16.9. The molecule has 0 fully saturated rings. The van der Waals surface area contributed by atoms with Gasteiger partial charge in [-0.2, -0.15) is 65.9 Å². The van der Waals surface area contributed by atoms with Crippen LogP contribution in [-0.2, 0) is 12.0 Å². The van der Waals surface area contributed by atoms with Crippen molar-refractivity contribution in [1.82, 2.24) is 0 Å². The van der Waals surface area contributed by atoms with Gasteiger partial charge in [0.1, 0.15) is 0 Å². The molecule has 0 spiro atoms. The lowest BCUT2D eigenvalue weighted by molar-refractivity contribution is -0.453. The molecule has 0 aliphatic carbocycles. The summed E-state index contributed by atoms with van der Waals surface area (Å²) in [5.74, 6) is -47.0. The summed E-state index contributed by atoms with van der Waals surface area (Å²) in [4.78, 5) is 0. The molecule has 1 aromatic rings. The molecule has 1 N–H and O–H groups in total. The average molecular weight is 546 g/mol. The fraction of sp³-hybridized carbons (Fsp3) is 0.684. The van der Waals surface area contributed by atoms with Crippen molar-refractivity contribution < 1.29 is 71.0 Å².